The van der Waals surface area contributed by atoms with Crippen LogP contribution in [0.2, 0.25) is 10.0 Å². The molecule has 3 rings (SSSR count). The fourth-order valence-electron chi connectivity index (χ4n) is 2.83. The third-order valence-electron chi connectivity index (χ3n) is 4.22. The normalized spacial score (nSPS) is 16.8. The molecule has 2 aromatic rings. The van der Waals surface area contributed by atoms with Crippen molar-refractivity contribution in [1.82, 2.24) is 25.6 Å². The first-order valence-corrected chi connectivity index (χ1v) is 8.69. The van der Waals surface area contributed by atoms with E-state index in [1.54, 1.807) is 23.0 Å². The molecule has 8 heteroatoms. The van der Waals surface area contributed by atoms with Crippen LogP contribution in [0.3, 0.4) is 0 Å². The summed E-state index contributed by atoms with van der Waals surface area (Å²) >= 11 is 12.2. The van der Waals surface area contributed by atoms with Crippen molar-refractivity contribution in [2.45, 2.75) is 31.8 Å². The van der Waals surface area contributed by atoms with Gasteiger partial charge in [0.15, 0.2) is 5.69 Å². The van der Waals surface area contributed by atoms with Crippen molar-refractivity contribution < 1.29 is 4.79 Å². The van der Waals surface area contributed by atoms with Crippen molar-refractivity contribution in [2.75, 3.05) is 13.1 Å². The number of nitrogens with one attached hydrogen (secondary N) is 2. The molecule has 1 aromatic carbocycles. The molecule has 1 atom stereocenters. The van der Waals surface area contributed by atoms with Crippen LogP contribution in [0.15, 0.2) is 24.4 Å². The first kappa shape index (κ1) is 17.2. The quantitative estimate of drug-likeness (QED) is 0.870. The number of benzene rings is 1. The summed E-state index contributed by atoms with van der Waals surface area (Å²) in [5.74, 6) is -0.279. The summed E-state index contributed by atoms with van der Waals surface area (Å²) in [6, 6.07) is 5.37. The zero-order valence-electron chi connectivity index (χ0n) is 13.3. The van der Waals surface area contributed by atoms with E-state index < -0.39 is 0 Å². The minimum atomic E-state index is -0.285. The van der Waals surface area contributed by atoms with E-state index in [1.807, 2.05) is 13.0 Å². The average Bonchev–Trinajstić information content (AvgIpc) is 3.08. The topological polar surface area (TPSA) is 71.8 Å². The lowest BCUT2D eigenvalue weighted by Crippen LogP contribution is -2.29. The van der Waals surface area contributed by atoms with Crippen LogP contribution < -0.4 is 10.6 Å². The number of rotatable bonds is 4. The molecule has 24 heavy (non-hydrogen) atoms. The Balaban J connectivity index is 1.68. The Hall–Kier alpha value is -1.63. The summed E-state index contributed by atoms with van der Waals surface area (Å²) in [4.78, 5) is 12.4. The highest BCUT2D eigenvalue weighted by Gasteiger charge is 2.20. The van der Waals surface area contributed by atoms with Gasteiger partial charge in [-0.1, -0.05) is 40.5 Å². The molecule has 1 unspecified atom stereocenters. The van der Waals surface area contributed by atoms with Gasteiger partial charge in [0.05, 0.1) is 28.3 Å². The lowest BCUT2D eigenvalue weighted by atomic mass is 10.1. The largest absolute Gasteiger partial charge is 0.344 e. The highest BCUT2D eigenvalue weighted by molar-refractivity contribution is 6.42. The molecule has 1 amide bonds. The van der Waals surface area contributed by atoms with Crippen molar-refractivity contribution in [2.24, 2.45) is 0 Å². The fraction of sp³-hybridized carbons (Fsp3) is 0.438. The predicted octanol–water partition coefficient (Wildman–Crippen LogP) is 3.00. The Kier molecular flexibility index (Phi) is 5.38. The number of nitrogens with zero attached hydrogens (tertiary/aromatic N) is 3. The van der Waals surface area contributed by atoms with Crippen molar-refractivity contribution in [3.63, 3.8) is 0 Å². The van der Waals surface area contributed by atoms with Crippen LogP contribution in [0.25, 0.3) is 0 Å². The van der Waals surface area contributed by atoms with Crippen LogP contribution in [-0.4, -0.2) is 34.0 Å². The average molecular weight is 368 g/mol. The maximum absolute atomic E-state index is 12.4. The first-order chi connectivity index (χ1) is 11.6. The van der Waals surface area contributed by atoms with Gasteiger partial charge in [0.2, 0.25) is 0 Å². The van der Waals surface area contributed by atoms with E-state index in [9.17, 15) is 4.79 Å². The van der Waals surface area contributed by atoms with Gasteiger partial charge in [-0.25, -0.2) is 4.68 Å². The summed E-state index contributed by atoms with van der Waals surface area (Å²) in [6.07, 6.45) is 3.68. The molecule has 1 aliphatic rings. The first-order valence-electron chi connectivity index (χ1n) is 7.93. The Morgan fingerprint density at radius 2 is 2.12 bits per heavy atom. The van der Waals surface area contributed by atoms with Crippen molar-refractivity contribution in [3.05, 3.63) is 45.7 Å². The minimum Gasteiger partial charge on any atom is -0.344 e. The Labute approximate surface area is 150 Å². The van der Waals surface area contributed by atoms with E-state index in [1.165, 1.54) is 0 Å². The fourth-order valence-corrected chi connectivity index (χ4v) is 3.31. The van der Waals surface area contributed by atoms with Crippen LogP contribution in [0.1, 0.15) is 47.9 Å². The van der Waals surface area contributed by atoms with Crippen molar-refractivity contribution in [1.29, 1.82) is 0 Å². The van der Waals surface area contributed by atoms with Gasteiger partial charge in [0, 0.05) is 0 Å². The van der Waals surface area contributed by atoms with E-state index in [2.05, 4.69) is 20.9 Å². The summed E-state index contributed by atoms with van der Waals surface area (Å²) in [5.41, 5.74) is 1.07. The summed E-state index contributed by atoms with van der Waals surface area (Å²) in [6.45, 7) is 3.76. The number of aromatic nitrogens is 3. The molecule has 0 aliphatic carbocycles. The second kappa shape index (κ2) is 7.51. The molecule has 1 saturated heterocycles. The van der Waals surface area contributed by atoms with Crippen LogP contribution in [-0.2, 0) is 0 Å². The van der Waals surface area contributed by atoms with Gasteiger partial charge in [0.25, 0.3) is 5.91 Å². The molecule has 0 bridgehead atoms. The van der Waals surface area contributed by atoms with Gasteiger partial charge in [0.1, 0.15) is 0 Å². The molecule has 6 nitrogen and oxygen atoms in total. The van der Waals surface area contributed by atoms with E-state index in [0.717, 1.165) is 31.5 Å². The van der Waals surface area contributed by atoms with Gasteiger partial charge in [-0.05, 0) is 44.5 Å². The van der Waals surface area contributed by atoms with Crippen LogP contribution in [0, 0.1) is 0 Å². The SMILES string of the molecule is CC(NC(=O)c1cn(C2CCNCC2)nn1)c1cccc(Cl)c1Cl. The number of halogens is 2. The summed E-state index contributed by atoms with van der Waals surface area (Å²) in [7, 11) is 0. The van der Waals surface area contributed by atoms with Crippen LogP contribution >= 0.6 is 23.2 Å². The number of piperidine rings is 1. The number of amides is 1. The molecule has 0 radical (unpaired) electrons. The van der Waals surface area contributed by atoms with Crippen molar-refractivity contribution in [3.8, 4) is 0 Å². The predicted molar refractivity (Wildman–Crippen MR) is 93.5 cm³/mol. The number of hydrogen-bond donors (Lipinski definition) is 2. The second-order valence-corrected chi connectivity index (χ2v) is 6.69. The molecule has 0 saturated carbocycles. The highest BCUT2D eigenvalue weighted by Crippen LogP contribution is 2.29. The van der Waals surface area contributed by atoms with E-state index in [0.29, 0.717) is 21.8 Å². The van der Waals surface area contributed by atoms with E-state index in [-0.39, 0.29) is 11.9 Å². The molecule has 2 N–H and O–H groups in total. The molecular formula is C16H19Cl2N5O. The minimum absolute atomic E-state index is 0.279. The Morgan fingerprint density at radius 1 is 1.38 bits per heavy atom. The molecular weight excluding hydrogens is 349 g/mol. The Morgan fingerprint density at radius 3 is 2.88 bits per heavy atom. The third-order valence-corrected chi connectivity index (χ3v) is 5.05. The monoisotopic (exact) mass is 367 g/mol. The number of hydrogen-bond acceptors (Lipinski definition) is 4. The Bertz CT molecular complexity index is 727. The zero-order valence-corrected chi connectivity index (χ0v) is 14.8. The molecule has 1 aliphatic heterocycles. The maximum atomic E-state index is 12.4. The van der Waals surface area contributed by atoms with Gasteiger partial charge in [-0.15, -0.1) is 5.10 Å². The van der Waals surface area contributed by atoms with Crippen molar-refractivity contribution >= 4 is 29.1 Å². The van der Waals surface area contributed by atoms with Crippen LogP contribution in [0.5, 0.6) is 0 Å². The summed E-state index contributed by atoms with van der Waals surface area (Å²) < 4.78 is 1.78. The lowest BCUT2D eigenvalue weighted by Gasteiger charge is -2.22. The molecule has 2 heterocycles. The molecule has 0 spiro atoms. The van der Waals surface area contributed by atoms with Gasteiger partial charge >= 0.3 is 0 Å². The van der Waals surface area contributed by atoms with Gasteiger partial charge < -0.3 is 10.6 Å². The number of carbonyl (C=O) groups excluding carboxylic acids is 1. The molecule has 1 fully saturated rings. The molecule has 128 valence electrons. The zero-order chi connectivity index (χ0) is 17.1. The van der Waals surface area contributed by atoms with E-state index in [4.69, 9.17) is 23.2 Å². The highest BCUT2D eigenvalue weighted by atomic mass is 35.5. The van der Waals surface area contributed by atoms with Crippen LogP contribution in [0.4, 0.5) is 0 Å². The summed E-state index contributed by atoms with van der Waals surface area (Å²) in [5, 5.41) is 15.2. The smallest absolute Gasteiger partial charge is 0.273 e. The number of carbonyl (C=O) groups is 1. The second-order valence-electron chi connectivity index (χ2n) is 5.90. The third kappa shape index (κ3) is 3.71. The van der Waals surface area contributed by atoms with Gasteiger partial charge in [-0.2, -0.15) is 0 Å². The molecule has 1 aromatic heterocycles. The van der Waals surface area contributed by atoms with Gasteiger partial charge in [-0.3, -0.25) is 4.79 Å². The lowest BCUT2D eigenvalue weighted by molar-refractivity contribution is 0.0934. The van der Waals surface area contributed by atoms with E-state index >= 15 is 0 Å². The standard InChI is InChI=1S/C16H19Cl2N5O/c1-10(12-3-2-4-13(17)15(12)18)20-16(24)14-9-23(22-21-14)11-5-7-19-8-6-11/h2-4,9-11,19H,5-8H2,1H3,(H,20,24). The maximum Gasteiger partial charge on any atom is 0.273 e.